The van der Waals surface area contributed by atoms with Crippen molar-refractivity contribution in [3.63, 3.8) is 0 Å². The van der Waals surface area contributed by atoms with Crippen LogP contribution in [0.3, 0.4) is 0 Å². The minimum Gasteiger partial charge on any atom is -0.464 e. The third-order valence-electron chi connectivity index (χ3n) is 1.47. The van der Waals surface area contributed by atoms with Gasteiger partial charge < -0.3 is 9.47 Å². The molecule has 0 saturated carbocycles. The number of hydrogen-bond acceptors (Lipinski definition) is 6. The molecular weight excluding hydrogens is 176 g/mol. The van der Waals surface area contributed by atoms with Gasteiger partial charge in [-0.05, 0) is 0 Å². The van der Waals surface area contributed by atoms with Gasteiger partial charge >= 0.3 is 11.9 Å². The summed E-state index contributed by atoms with van der Waals surface area (Å²) in [5, 5.41) is 6.97. The second-order valence-corrected chi connectivity index (χ2v) is 2.25. The quantitative estimate of drug-likeness (QED) is 0.543. The van der Waals surface area contributed by atoms with Gasteiger partial charge in [-0.15, -0.1) is 10.2 Å². The highest BCUT2D eigenvalue weighted by atomic mass is 16.5. The Morgan fingerprint density at radius 3 is 1.77 bits per heavy atom. The first-order valence-corrected chi connectivity index (χ1v) is 3.49. The smallest absolute Gasteiger partial charge is 0.354 e. The molecule has 0 radical (unpaired) electrons. The molecule has 0 bridgehead atoms. The average Bonchev–Trinajstić information content (AvgIpc) is 2.64. The summed E-state index contributed by atoms with van der Waals surface area (Å²) in [5.74, 6) is -1.16. The first-order valence-electron chi connectivity index (χ1n) is 3.49. The molecule has 0 unspecified atom stereocenters. The fourth-order valence-electron chi connectivity index (χ4n) is 0.812. The third-order valence-corrected chi connectivity index (χ3v) is 1.47. The highest BCUT2D eigenvalue weighted by Crippen LogP contribution is 2.04. The summed E-state index contributed by atoms with van der Waals surface area (Å²) < 4.78 is 8.80. The van der Waals surface area contributed by atoms with Crippen molar-refractivity contribution in [1.29, 1.82) is 0 Å². The second-order valence-electron chi connectivity index (χ2n) is 2.25. The SMILES string of the molecule is COC(=O)C1=NN=C(C(=O)OC)C1. The largest absolute Gasteiger partial charge is 0.464 e. The number of nitrogens with zero attached hydrogens (tertiary/aromatic N) is 2. The zero-order valence-corrected chi connectivity index (χ0v) is 7.23. The Kier molecular flexibility index (Phi) is 2.73. The Hall–Kier alpha value is -1.72. The molecule has 1 aliphatic heterocycles. The van der Waals surface area contributed by atoms with Crippen LogP contribution in [-0.2, 0) is 19.1 Å². The van der Waals surface area contributed by atoms with Crippen LogP contribution in [0.4, 0.5) is 0 Å². The molecule has 0 amide bonds. The lowest BCUT2D eigenvalue weighted by Gasteiger charge is -1.97. The minimum absolute atomic E-state index is 0.0688. The van der Waals surface area contributed by atoms with Crippen molar-refractivity contribution in [3.8, 4) is 0 Å². The normalized spacial score (nSPS) is 14.6. The molecule has 1 aliphatic rings. The molecule has 0 aromatic heterocycles. The highest BCUT2D eigenvalue weighted by Gasteiger charge is 2.24. The van der Waals surface area contributed by atoms with Crippen LogP contribution in [0.2, 0.25) is 0 Å². The number of carbonyl (C=O) groups is 2. The lowest BCUT2D eigenvalue weighted by atomic mass is 10.2. The van der Waals surface area contributed by atoms with Gasteiger partial charge in [0.1, 0.15) is 0 Å². The number of ether oxygens (including phenoxy) is 2. The van der Waals surface area contributed by atoms with Crippen molar-refractivity contribution < 1.29 is 19.1 Å². The molecule has 0 aliphatic carbocycles. The molecule has 0 spiro atoms. The molecule has 0 saturated heterocycles. The predicted octanol–water partition coefficient (Wildman–Crippen LogP) is -0.467. The number of carbonyl (C=O) groups excluding carboxylic acids is 2. The summed E-state index contributed by atoms with van der Waals surface area (Å²) in [6, 6.07) is 0. The molecule has 0 aromatic carbocycles. The summed E-state index contributed by atoms with van der Waals surface area (Å²) in [4.78, 5) is 21.8. The molecule has 1 heterocycles. The molecule has 70 valence electrons. The summed E-state index contributed by atoms with van der Waals surface area (Å²) in [5.41, 5.74) is 0.228. The Morgan fingerprint density at radius 2 is 1.46 bits per heavy atom. The fourth-order valence-corrected chi connectivity index (χ4v) is 0.812. The van der Waals surface area contributed by atoms with Gasteiger partial charge in [-0.25, -0.2) is 9.59 Å². The Morgan fingerprint density at radius 1 is 1.08 bits per heavy atom. The topological polar surface area (TPSA) is 77.3 Å². The molecule has 1 rings (SSSR count). The predicted molar refractivity (Wildman–Crippen MR) is 43.5 cm³/mol. The van der Waals surface area contributed by atoms with E-state index < -0.39 is 11.9 Å². The summed E-state index contributed by atoms with van der Waals surface area (Å²) in [7, 11) is 2.47. The molecular formula is C7H8N2O4. The highest BCUT2D eigenvalue weighted by molar-refractivity contribution is 6.50. The van der Waals surface area contributed by atoms with E-state index in [9.17, 15) is 9.59 Å². The Labute approximate surface area is 74.2 Å². The number of methoxy groups -OCH3 is 2. The lowest BCUT2D eigenvalue weighted by Crippen LogP contribution is -2.21. The molecule has 6 nitrogen and oxygen atoms in total. The lowest BCUT2D eigenvalue weighted by molar-refractivity contribution is -0.133. The molecule has 6 heteroatoms. The standard InChI is InChI=1S/C7H8N2O4/c1-12-6(10)4-3-5(9-8-4)7(11)13-2/h3H2,1-2H3. The van der Waals surface area contributed by atoms with E-state index in [4.69, 9.17) is 0 Å². The average molecular weight is 184 g/mol. The Balaban J connectivity index is 2.59. The van der Waals surface area contributed by atoms with E-state index in [-0.39, 0.29) is 17.8 Å². The fraction of sp³-hybridized carbons (Fsp3) is 0.429. The van der Waals surface area contributed by atoms with Crippen LogP contribution in [0.15, 0.2) is 10.2 Å². The van der Waals surface area contributed by atoms with E-state index in [0.717, 1.165) is 0 Å². The second kappa shape index (κ2) is 3.79. The van der Waals surface area contributed by atoms with Crippen molar-refractivity contribution in [3.05, 3.63) is 0 Å². The monoisotopic (exact) mass is 184 g/mol. The van der Waals surface area contributed by atoms with Gasteiger partial charge in [0.25, 0.3) is 0 Å². The van der Waals surface area contributed by atoms with Crippen LogP contribution in [0.5, 0.6) is 0 Å². The maximum Gasteiger partial charge on any atom is 0.354 e. The van der Waals surface area contributed by atoms with Gasteiger partial charge in [-0.2, -0.15) is 0 Å². The van der Waals surface area contributed by atoms with Crippen molar-refractivity contribution in [2.75, 3.05) is 14.2 Å². The van der Waals surface area contributed by atoms with Crippen LogP contribution < -0.4 is 0 Å². The maximum atomic E-state index is 10.9. The van der Waals surface area contributed by atoms with Crippen LogP contribution in [-0.4, -0.2) is 37.6 Å². The van der Waals surface area contributed by atoms with Gasteiger partial charge in [0.15, 0.2) is 11.4 Å². The van der Waals surface area contributed by atoms with E-state index in [0.29, 0.717) is 0 Å². The van der Waals surface area contributed by atoms with Crippen molar-refractivity contribution in [1.82, 2.24) is 0 Å². The number of esters is 2. The molecule has 0 N–H and O–H groups in total. The van der Waals surface area contributed by atoms with Crippen LogP contribution in [0, 0.1) is 0 Å². The van der Waals surface area contributed by atoms with Gasteiger partial charge in [-0.1, -0.05) is 0 Å². The van der Waals surface area contributed by atoms with Crippen molar-refractivity contribution in [2.24, 2.45) is 10.2 Å². The minimum atomic E-state index is -0.581. The molecule has 0 aromatic rings. The van der Waals surface area contributed by atoms with Crippen molar-refractivity contribution >= 4 is 23.4 Å². The number of hydrogen-bond donors (Lipinski definition) is 0. The number of rotatable bonds is 2. The molecule has 0 atom stereocenters. The van der Waals surface area contributed by atoms with Crippen LogP contribution in [0.1, 0.15) is 6.42 Å². The first-order chi connectivity index (χ1) is 6.19. The summed E-state index contributed by atoms with van der Waals surface area (Å²) in [6.45, 7) is 0. The van der Waals surface area contributed by atoms with E-state index in [2.05, 4.69) is 19.7 Å². The van der Waals surface area contributed by atoms with Crippen LogP contribution >= 0.6 is 0 Å². The van der Waals surface area contributed by atoms with Gasteiger partial charge in [0, 0.05) is 0 Å². The summed E-state index contributed by atoms with van der Waals surface area (Å²) in [6.07, 6.45) is 0.0688. The van der Waals surface area contributed by atoms with Crippen LogP contribution in [0.25, 0.3) is 0 Å². The van der Waals surface area contributed by atoms with E-state index in [1.807, 2.05) is 0 Å². The van der Waals surface area contributed by atoms with Crippen molar-refractivity contribution in [2.45, 2.75) is 6.42 Å². The van der Waals surface area contributed by atoms with Gasteiger partial charge in [0.2, 0.25) is 0 Å². The first kappa shape index (κ1) is 9.37. The van der Waals surface area contributed by atoms with E-state index in [1.54, 1.807) is 0 Å². The third kappa shape index (κ3) is 1.90. The molecule has 13 heavy (non-hydrogen) atoms. The van der Waals surface area contributed by atoms with Gasteiger partial charge in [0.05, 0.1) is 20.6 Å². The summed E-state index contributed by atoms with van der Waals surface area (Å²) >= 11 is 0. The zero-order valence-electron chi connectivity index (χ0n) is 7.23. The van der Waals surface area contributed by atoms with E-state index in [1.165, 1.54) is 14.2 Å². The Bertz CT molecular complexity index is 276. The maximum absolute atomic E-state index is 10.9. The van der Waals surface area contributed by atoms with E-state index >= 15 is 0 Å². The van der Waals surface area contributed by atoms with Gasteiger partial charge in [-0.3, -0.25) is 0 Å². The molecule has 0 fully saturated rings. The zero-order chi connectivity index (χ0) is 9.84.